The van der Waals surface area contributed by atoms with E-state index >= 15 is 0 Å². The molecule has 0 unspecified atom stereocenters. The van der Waals surface area contributed by atoms with Gasteiger partial charge in [-0.05, 0) is 0 Å². The van der Waals surface area contributed by atoms with Crippen molar-refractivity contribution in [2.24, 2.45) is 0 Å². The molecule has 0 aliphatic rings. The van der Waals surface area contributed by atoms with Crippen molar-refractivity contribution < 1.29 is 17.5 Å². The van der Waals surface area contributed by atoms with E-state index in [9.17, 15) is 0 Å². The van der Waals surface area contributed by atoms with Gasteiger partial charge in [0.15, 0.2) is 0 Å². The molecule has 0 aromatic carbocycles. The molecule has 0 aliphatic heterocycles. The van der Waals surface area contributed by atoms with Crippen molar-refractivity contribution in [1.82, 2.24) is 0 Å². The van der Waals surface area contributed by atoms with E-state index < -0.39 is 8.60 Å². The van der Waals surface area contributed by atoms with Crippen LogP contribution in [0, 0.1) is 0 Å². The van der Waals surface area contributed by atoms with Crippen molar-refractivity contribution >= 4 is 60.0 Å². The van der Waals surface area contributed by atoms with Crippen molar-refractivity contribution in [2.75, 3.05) is 0 Å². The third-order valence-electron chi connectivity index (χ3n) is 0. The summed E-state index contributed by atoms with van der Waals surface area (Å²) in [7, 11) is -2.62. The van der Waals surface area contributed by atoms with Crippen LogP contribution in [0.4, 0.5) is 0 Å². The van der Waals surface area contributed by atoms with E-state index in [4.69, 9.17) is 14.7 Å². The van der Waals surface area contributed by atoms with Crippen LogP contribution in [0.2, 0.25) is 0 Å². The fourth-order valence-corrected chi connectivity index (χ4v) is 0. The Hall–Kier alpha value is 1.95. The maximum absolute atomic E-state index is 7.23. The van der Waals surface area contributed by atoms with Gasteiger partial charge in [0.05, 0.1) is 0 Å². The molecule has 0 saturated heterocycles. The van der Waals surface area contributed by atoms with Gasteiger partial charge < -0.3 is 14.7 Å². The molecule has 0 rings (SSSR count). The molecule has 0 bridgehead atoms. The summed E-state index contributed by atoms with van der Waals surface area (Å²) in [6.45, 7) is 0. The molecule has 5 heavy (non-hydrogen) atoms. The maximum atomic E-state index is 7.23. The zero-order valence-electron chi connectivity index (χ0n) is 1.79. The van der Waals surface area contributed by atoms with Crippen LogP contribution in [-0.2, 0) is 0 Å². The van der Waals surface area contributed by atoms with Gasteiger partial charge in [0, 0.05) is 2.85 Å². The van der Waals surface area contributed by atoms with Crippen molar-refractivity contribution in [3.05, 3.63) is 0 Å². The normalized spacial score (nSPS) is 7.20. The fraction of sp³-hybridized carbons (Fsp3) is 0. The van der Waals surface area contributed by atoms with Gasteiger partial charge in [-0.1, -0.05) is 0 Å². The molecule has 0 spiro atoms. The van der Waals surface area contributed by atoms with Crippen LogP contribution >= 0.6 is 8.60 Å². The summed E-state index contributed by atoms with van der Waals surface area (Å²) in [5.74, 6) is 0. The van der Waals surface area contributed by atoms with Gasteiger partial charge >= 0.3 is 60.0 Å². The molecule has 0 heterocycles. The molecule has 0 aromatic heterocycles. The standard InChI is InChI=1S/K.H3O3P.2H2.H/c;1-4(2)3;;;/h;1-3H;2*1H;. The minimum atomic E-state index is -2.62. The predicted molar refractivity (Wildman–Crippen MR) is 25.0 cm³/mol. The molecule has 0 atom stereocenters. The summed E-state index contributed by atoms with van der Waals surface area (Å²) in [4.78, 5) is 21.7. The van der Waals surface area contributed by atoms with E-state index in [2.05, 4.69) is 0 Å². The molecule has 0 amide bonds. The van der Waals surface area contributed by atoms with Gasteiger partial charge in [-0.3, -0.25) is 0 Å². The van der Waals surface area contributed by atoms with Crippen LogP contribution in [0.5, 0.6) is 0 Å². The first kappa shape index (κ1) is 10.0. The number of hydrogen-bond acceptors (Lipinski definition) is 3. The Morgan fingerprint density at radius 1 is 1.20 bits per heavy atom. The Balaban J connectivity index is -0.0000000150. The van der Waals surface area contributed by atoms with Crippen molar-refractivity contribution in [3.63, 3.8) is 0 Å². The summed E-state index contributed by atoms with van der Waals surface area (Å²) in [5.41, 5.74) is 0. The molecule has 3 nitrogen and oxygen atoms in total. The van der Waals surface area contributed by atoms with Gasteiger partial charge in [-0.2, -0.15) is 0 Å². The SMILES string of the molecule is OP(O)O.[HH].[HH].[KH]. The van der Waals surface area contributed by atoms with Gasteiger partial charge in [0.2, 0.25) is 0 Å². The summed E-state index contributed by atoms with van der Waals surface area (Å²) in [6, 6.07) is 0. The fourth-order valence-electron chi connectivity index (χ4n) is 0. The molecule has 0 aromatic rings. The van der Waals surface area contributed by atoms with Crippen molar-refractivity contribution in [3.8, 4) is 0 Å². The Morgan fingerprint density at radius 3 is 1.20 bits per heavy atom. The third-order valence-corrected chi connectivity index (χ3v) is 0. The summed E-state index contributed by atoms with van der Waals surface area (Å²) >= 11 is 0. The van der Waals surface area contributed by atoms with E-state index in [1.807, 2.05) is 0 Å². The molecule has 0 saturated carbocycles. The first-order chi connectivity index (χ1) is 1.73. The van der Waals surface area contributed by atoms with Crippen LogP contribution in [0.15, 0.2) is 0 Å². The van der Waals surface area contributed by atoms with E-state index in [-0.39, 0.29) is 54.2 Å². The molecule has 32 valence electrons. The van der Waals surface area contributed by atoms with Crippen LogP contribution in [0.1, 0.15) is 2.85 Å². The predicted octanol–water partition coefficient (Wildman–Crippen LogP) is -0.966. The molecule has 0 radical (unpaired) electrons. The topological polar surface area (TPSA) is 60.7 Å². The van der Waals surface area contributed by atoms with Gasteiger partial charge in [0.25, 0.3) is 0 Å². The zero-order chi connectivity index (χ0) is 3.58. The second-order valence-electron chi connectivity index (χ2n) is 0.268. The summed E-state index contributed by atoms with van der Waals surface area (Å²) < 4.78 is 0. The van der Waals surface area contributed by atoms with Gasteiger partial charge in [-0.25, -0.2) is 0 Å². The van der Waals surface area contributed by atoms with Crippen LogP contribution in [0.25, 0.3) is 0 Å². The van der Waals surface area contributed by atoms with Crippen LogP contribution in [0.3, 0.4) is 0 Å². The molecular weight excluding hydrogens is 118 g/mol. The molecule has 3 N–H and O–H groups in total. The molecule has 5 heteroatoms. The summed E-state index contributed by atoms with van der Waals surface area (Å²) in [6.07, 6.45) is 0. The van der Waals surface area contributed by atoms with Crippen LogP contribution in [-0.4, -0.2) is 66.1 Å². The molecule has 0 fully saturated rings. The van der Waals surface area contributed by atoms with E-state index in [1.54, 1.807) is 0 Å². The second kappa shape index (κ2) is 5.95. The average Bonchev–Trinajstić information content (AvgIpc) is 0.811. The first-order valence-electron chi connectivity index (χ1n) is 0.600. The van der Waals surface area contributed by atoms with E-state index in [0.29, 0.717) is 0 Å². The van der Waals surface area contributed by atoms with Crippen LogP contribution < -0.4 is 0 Å². The number of hydrogen-bond donors (Lipinski definition) is 3. The van der Waals surface area contributed by atoms with E-state index in [1.165, 1.54) is 0 Å². The van der Waals surface area contributed by atoms with Crippen molar-refractivity contribution in [2.45, 2.75) is 0 Å². The average molecular weight is 126 g/mol. The quantitative estimate of drug-likeness (QED) is 0.289. The first-order valence-corrected chi connectivity index (χ1v) is 1.80. The number of rotatable bonds is 0. The Bertz CT molecular complexity index is 17.7. The monoisotopic (exact) mass is 126 g/mol. The van der Waals surface area contributed by atoms with Gasteiger partial charge in [0.1, 0.15) is 0 Å². The zero-order valence-corrected chi connectivity index (χ0v) is 2.68. The summed E-state index contributed by atoms with van der Waals surface area (Å²) in [5, 5.41) is 0. The minimum absolute atomic E-state index is 0. The third kappa shape index (κ3) is 24.4. The Labute approximate surface area is 76.4 Å². The second-order valence-corrected chi connectivity index (χ2v) is 0.805. The van der Waals surface area contributed by atoms with Gasteiger partial charge in [-0.15, -0.1) is 0 Å². The van der Waals surface area contributed by atoms with E-state index in [0.717, 1.165) is 0 Å². The molecule has 0 aliphatic carbocycles. The van der Waals surface area contributed by atoms with Crippen molar-refractivity contribution in [1.29, 1.82) is 0 Å². The molecular formula is H8KO3P. The Kier molecular flexibility index (Phi) is 11.9. The Morgan fingerprint density at radius 2 is 1.20 bits per heavy atom.